The molecule has 5 aromatic rings. The number of aryl methyl sites for hydroxylation is 1. The average Bonchev–Trinajstić information content (AvgIpc) is 3.66. The second-order valence-corrected chi connectivity index (χ2v) is 12.1. The Hall–Kier alpha value is -3.57. The molecule has 41 heavy (non-hydrogen) atoms. The number of hydrogen-bond donors (Lipinski definition) is 0. The second-order valence-electron chi connectivity index (χ2n) is 9.78. The maximum absolute atomic E-state index is 13.2. The van der Waals surface area contributed by atoms with Crippen molar-refractivity contribution in [3.8, 4) is 17.1 Å². The smallest absolute Gasteiger partial charge is 0.273 e. The van der Waals surface area contributed by atoms with Gasteiger partial charge in [0, 0.05) is 61.1 Å². The number of benzene rings is 2. The van der Waals surface area contributed by atoms with Crippen LogP contribution in [0.4, 0.5) is 0 Å². The van der Waals surface area contributed by atoms with Crippen LogP contribution in [0.25, 0.3) is 17.1 Å². The largest absolute Gasteiger partial charge is 0.335 e. The van der Waals surface area contributed by atoms with E-state index in [2.05, 4.69) is 44.3 Å². The summed E-state index contributed by atoms with van der Waals surface area (Å²) in [6.45, 7) is 6.05. The molecule has 1 aliphatic rings. The Morgan fingerprint density at radius 3 is 2.63 bits per heavy atom. The van der Waals surface area contributed by atoms with Gasteiger partial charge < -0.3 is 4.90 Å². The standard InChI is InChI=1S/C30H28ClN7OS2/c1-21-9-10-24(31)16-26(21)38-28(23-8-5-11-32-17-23)34-35-30(38)41-20-27-33-25(19-40-27)29(39)37-14-12-36(13-15-37)18-22-6-3-2-4-7-22/h2-11,16-17,19H,12-15,18,20H2,1H3. The first kappa shape index (κ1) is 27.6. The Labute approximate surface area is 252 Å². The molecule has 4 heterocycles. The van der Waals surface area contributed by atoms with Gasteiger partial charge in [-0.15, -0.1) is 21.5 Å². The first-order valence-corrected chi connectivity index (χ1v) is 15.5. The molecule has 1 fully saturated rings. The maximum Gasteiger partial charge on any atom is 0.273 e. The van der Waals surface area contributed by atoms with E-state index in [-0.39, 0.29) is 5.91 Å². The van der Waals surface area contributed by atoms with Crippen LogP contribution in [0.2, 0.25) is 5.02 Å². The number of rotatable bonds is 8. The van der Waals surface area contributed by atoms with Crippen molar-refractivity contribution in [1.82, 2.24) is 34.5 Å². The molecule has 0 spiro atoms. The van der Waals surface area contributed by atoms with Crippen molar-refractivity contribution in [3.05, 3.63) is 105 Å². The molecule has 1 aliphatic heterocycles. The van der Waals surface area contributed by atoms with Crippen molar-refractivity contribution in [2.24, 2.45) is 0 Å². The summed E-state index contributed by atoms with van der Waals surface area (Å²) in [4.78, 5) is 26.5. The summed E-state index contributed by atoms with van der Waals surface area (Å²) in [6.07, 6.45) is 3.51. The van der Waals surface area contributed by atoms with E-state index in [1.807, 2.05) is 58.2 Å². The number of piperazine rings is 1. The molecule has 3 aromatic heterocycles. The van der Waals surface area contributed by atoms with Crippen LogP contribution in [0, 0.1) is 6.92 Å². The van der Waals surface area contributed by atoms with E-state index in [9.17, 15) is 4.79 Å². The maximum atomic E-state index is 13.2. The third kappa shape index (κ3) is 6.36. The van der Waals surface area contributed by atoms with Gasteiger partial charge in [-0.25, -0.2) is 4.98 Å². The third-order valence-corrected chi connectivity index (χ3v) is 9.18. The van der Waals surface area contributed by atoms with Crippen molar-refractivity contribution in [1.29, 1.82) is 0 Å². The van der Waals surface area contributed by atoms with E-state index >= 15 is 0 Å². The Bertz CT molecular complexity index is 1630. The van der Waals surface area contributed by atoms with Gasteiger partial charge in [-0.05, 0) is 42.3 Å². The summed E-state index contributed by atoms with van der Waals surface area (Å²) in [6, 6.07) is 20.1. The number of halogens is 1. The molecule has 0 bridgehead atoms. The number of aromatic nitrogens is 5. The van der Waals surface area contributed by atoms with Crippen molar-refractivity contribution in [2.75, 3.05) is 26.2 Å². The molecule has 0 aliphatic carbocycles. The SMILES string of the molecule is Cc1ccc(Cl)cc1-n1c(SCc2nc(C(=O)N3CCN(Cc4ccccc4)CC3)cs2)nnc1-c1cccnc1. The lowest BCUT2D eigenvalue weighted by Crippen LogP contribution is -2.48. The number of thiazole rings is 1. The van der Waals surface area contributed by atoms with Gasteiger partial charge in [-0.1, -0.05) is 59.8 Å². The summed E-state index contributed by atoms with van der Waals surface area (Å²) < 4.78 is 2.01. The minimum absolute atomic E-state index is 0.00607. The molecule has 8 nitrogen and oxygen atoms in total. The summed E-state index contributed by atoms with van der Waals surface area (Å²) in [5.41, 5.74) is 4.61. The summed E-state index contributed by atoms with van der Waals surface area (Å²) in [5.74, 6) is 1.24. The Morgan fingerprint density at radius 2 is 1.85 bits per heavy atom. The zero-order valence-corrected chi connectivity index (χ0v) is 24.9. The number of nitrogens with zero attached hydrogens (tertiary/aromatic N) is 7. The molecule has 6 rings (SSSR count). The number of hydrogen-bond acceptors (Lipinski definition) is 8. The van der Waals surface area contributed by atoms with Crippen LogP contribution in [-0.4, -0.2) is 66.6 Å². The molecule has 2 aromatic carbocycles. The van der Waals surface area contributed by atoms with Gasteiger partial charge >= 0.3 is 0 Å². The number of pyridine rings is 1. The van der Waals surface area contributed by atoms with Crippen molar-refractivity contribution in [2.45, 2.75) is 24.4 Å². The second kappa shape index (κ2) is 12.5. The fraction of sp³-hybridized carbons (Fsp3) is 0.233. The van der Waals surface area contributed by atoms with Gasteiger partial charge in [0.2, 0.25) is 0 Å². The molecule has 0 atom stereocenters. The molecular weight excluding hydrogens is 574 g/mol. The minimum Gasteiger partial charge on any atom is -0.335 e. The normalized spacial score (nSPS) is 14.0. The Balaban J connectivity index is 1.14. The van der Waals surface area contributed by atoms with Gasteiger partial charge in [0.05, 0.1) is 11.4 Å². The van der Waals surface area contributed by atoms with Crippen LogP contribution < -0.4 is 0 Å². The third-order valence-electron chi connectivity index (χ3n) is 6.97. The Kier molecular flexibility index (Phi) is 8.43. The van der Waals surface area contributed by atoms with Crippen LogP contribution in [0.5, 0.6) is 0 Å². The molecule has 1 amide bonds. The first-order valence-electron chi connectivity index (χ1n) is 13.3. The fourth-order valence-corrected chi connectivity index (χ4v) is 6.70. The fourth-order valence-electron chi connectivity index (χ4n) is 4.80. The molecular formula is C30H28ClN7OS2. The van der Waals surface area contributed by atoms with Gasteiger partial charge in [-0.3, -0.25) is 19.2 Å². The zero-order chi connectivity index (χ0) is 28.2. The van der Waals surface area contributed by atoms with Crippen molar-refractivity contribution < 1.29 is 4.79 Å². The lowest BCUT2D eigenvalue weighted by Gasteiger charge is -2.34. The molecule has 1 saturated heterocycles. The summed E-state index contributed by atoms with van der Waals surface area (Å²) in [5, 5.41) is 13.1. The first-order chi connectivity index (χ1) is 20.0. The molecule has 0 N–H and O–H groups in total. The van der Waals surface area contributed by atoms with E-state index in [0.717, 1.165) is 41.5 Å². The van der Waals surface area contributed by atoms with Crippen molar-refractivity contribution >= 4 is 40.6 Å². The predicted octanol–water partition coefficient (Wildman–Crippen LogP) is 6.00. The van der Waals surface area contributed by atoms with E-state index in [0.29, 0.717) is 40.5 Å². The molecule has 0 radical (unpaired) electrons. The summed E-state index contributed by atoms with van der Waals surface area (Å²) in [7, 11) is 0. The average molecular weight is 602 g/mol. The highest BCUT2D eigenvalue weighted by atomic mass is 35.5. The van der Waals surface area contributed by atoms with Gasteiger partial charge in [0.15, 0.2) is 11.0 Å². The quantitative estimate of drug-likeness (QED) is 0.202. The number of amides is 1. The highest BCUT2D eigenvalue weighted by Crippen LogP contribution is 2.32. The monoisotopic (exact) mass is 601 g/mol. The highest BCUT2D eigenvalue weighted by molar-refractivity contribution is 7.98. The van der Waals surface area contributed by atoms with Crippen molar-refractivity contribution in [3.63, 3.8) is 0 Å². The van der Waals surface area contributed by atoms with Crippen LogP contribution in [0.15, 0.2) is 83.6 Å². The zero-order valence-electron chi connectivity index (χ0n) is 22.5. The van der Waals surface area contributed by atoms with E-state index in [4.69, 9.17) is 16.6 Å². The van der Waals surface area contributed by atoms with E-state index in [1.165, 1.54) is 28.7 Å². The van der Waals surface area contributed by atoms with Crippen LogP contribution in [0.1, 0.15) is 26.6 Å². The van der Waals surface area contributed by atoms with Crippen LogP contribution >= 0.6 is 34.7 Å². The summed E-state index contributed by atoms with van der Waals surface area (Å²) >= 11 is 9.40. The predicted molar refractivity (Wildman–Crippen MR) is 164 cm³/mol. The van der Waals surface area contributed by atoms with E-state index < -0.39 is 0 Å². The number of carbonyl (C=O) groups excluding carboxylic acids is 1. The Morgan fingerprint density at radius 1 is 1.02 bits per heavy atom. The van der Waals surface area contributed by atoms with Gasteiger partial charge in [0.25, 0.3) is 5.91 Å². The lowest BCUT2D eigenvalue weighted by atomic mass is 10.2. The van der Waals surface area contributed by atoms with Gasteiger partial charge in [0.1, 0.15) is 10.7 Å². The minimum atomic E-state index is -0.00607. The van der Waals surface area contributed by atoms with Crippen LogP contribution in [0.3, 0.4) is 0 Å². The molecule has 208 valence electrons. The van der Waals surface area contributed by atoms with Gasteiger partial charge in [-0.2, -0.15) is 0 Å². The number of thioether (sulfide) groups is 1. The highest BCUT2D eigenvalue weighted by Gasteiger charge is 2.24. The topological polar surface area (TPSA) is 80.0 Å². The lowest BCUT2D eigenvalue weighted by molar-refractivity contribution is 0.0623. The van der Waals surface area contributed by atoms with E-state index in [1.54, 1.807) is 12.4 Å². The molecule has 0 saturated carbocycles. The molecule has 0 unspecified atom stereocenters. The van der Waals surface area contributed by atoms with Crippen LogP contribution in [-0.2, 0) is 12.3 Å². The number of carbonyl (C=O) groups is 1. The molecule has 11 heteroatoms.